The summed E-state index contributed by atoms with van der Waals surface area (Å²) in [5.41, 5.74) is 0. The zero-order chi connectivity index (χ0) is 8.27. The molecule has 0 fully saturated rings. The molecule has 0 bridgehead atoms. The first kappa shape index (κ1) is 7.65. The highest BCUT2D eigenvalue weighted by atomic mass is 16.5. The van der Waals surface area contributed by atoms with Crippen LogP contribution in [0, 0.1) is 6.92 Å². The number of aromatic nitrogens is 2. The van der Waals surface area contributed by atoms with E-state index in [9.17, 15) is 4.79 Å². The van der Waals surface area contributed by atoms with Crippen LogP contribution in [0.25, 0.3) is 0 Å². The van der Waals surface area contributed by atoms with Crippen molar-refractivity contribution in [2.45, 2.75) is 13.8 Å². The van der Waals surface area contributed by atoms with Crippen molar-refractivity contribution in [3.63, 3.8) is 0 Å². The number of rotatable bonds is 1. The fraction of sp³-hybridized carbons (Fsp3) is 0.286. The molecule has 0 amide bonds. The number of aryl methyl sites for hydroxylation is 1. The number of hydrogen-bond acceptors (Lipinski definition) is 4. The van der Waals surface area contributed by atoms with Crippen LogP contribution in [0.4, 0.5) is 0 Å². The monoisotopic (exact) mass is 152 g/mol. The fourth-order valence-corrected chi connectivity index (χ4v) is 0.639. The Balaban J connectivity index is 2.79. The van der Waals surface area contributed by atoms with Gasteiger partial charge in [0.1, 0.15) is 5.82 Å². The van der Waals surface area contributed by atoms with Gasteiger partial charge in [-0.15, -0.1) is 0 Å². The van der Waals surface area contributed by atoms with E-state index in [2.05, 4.69) is 9.97 Å². The van der Waals surface area contributed by atoms with E-state index >= 15 is 0 Å². The van der Waals surface area contributed by atoms with E-state index in [1.165, 1.54) is 13.0 Å². The van der Waals surface area contributed by atoms with Gasteiger partial charge >= 0.3 is 5.97 Å². The molecule has 1 rings (SSSR count). The predicted molar refractivity (Wildman–Crippen MR) is 38.1 cm³/mol. The quantitative estimate of drug-likeness (QED) is 0.556. The molecule has 0 aliphatic carbocycles. The van der Waals surface area contributed by atoms with Crippen LogP contribution in [0.5, 0.6) is 5.88 Å². The van der Waals surface area contributed by atoms with Gasteiger partial charge in [0.2, 0.25) is 5.88 Å². The van der Waals surface area contributed by atoms with E-state index in [1.54, 1.807) is 13.1 Å². The van der Waals surface area contributed by atoms with Gasteiger partial charge in [-0.25, -0.2) is 4.98 Å². The molecule has 0 aromatic carbocycles. The summed E-state index contributed by atoms with van der Waals surface area (Å²) in [5, 5.41) is 0. The number of esters is 1. The molecule has 0 radical (unpaired) electrons. The zero-order valence-electron chi connectivity index (χ0n) is 6.37. The number of nitrogens with zero attached hydrogens (tertiary/aromatic N) is 2. The topological polar surface area (TPSA) is 52.1 Å². The third kappa shape index (κ3) is 2.33. The molecule has 0 saturated carbocycles. The minimum atomic E-state index is -0.372. The summed E-state index contributed by atoms with van der Waals surface area (Å²) < 4.78 is 4.70. The van der Waals surface area contributed by atoms with Gasteiger partial charge in [-0.2, -0.15) is 4.98 Å². The van der Waals surface area contributed by atoms with Crippen molar-refractivity contribution >= 4 is 5.97 Å². The fourth-order valence-electron chi connectivity index (χ4n) is 0.639. The number of carbonyl (C=O) groups excluding carboxylic acids is 1. The summed E-state index contributed by atoms with van der Waals surface area (Å²) >= 11 is 0. The summed E-state index contributed by atoms with van der Waals surface area (Å²) in [7, 11) is 0. The van der Waals surface area contributed by atoms with Crippen LogP contribution in [-0.4, -0.2) is 15.9 Å². The molecule has 0 saturated heterocycles. The molecule has 58 valence electrons. The average molecular weight is 152 g/mol. The van der Waals surface area contributed by atoms with Crippen LogP contribution in [0.3, 0.4) is 0 Å². The summed E-state index contributed by atoms with van der Waals surface area (Å²) in [6.45, 7) is 3.06. The smallest absolute Gasteiger partial charge is 0.309 e. The van der Waals surface area contributed by atoms with E-state index in [0.717, 1.165) is 0 Å². The van der Waals surface area contributed by atoms with E-state index in [1.807, 2.05) is 0 Å². The van der Waals surface area contributed by atoms with E-state index in [4.69, 9.17) is 4.74 Å². The van der Waals surface area contributed by atoms with Gasteiger partial charge in [-0.3, -0.25) is 4.79 Å². The minimum Gasteiger partial charge on any atom is -0.408 e. The van der Waals surface area contributed by atoms with Gasteiger partial charge in [0.15, 0.2) is 0 Å². The lowest BCUT2D eigenvalue weighted by Crippen LogP contribution is -2.03. The first-order valence-electron chi connectivity index (χ1n) is 3.16. The Bertz CT molecular complexity index is 273. The second kappa shape index (κ2) is 3.09. The number of ether oxygens (including phenoxy) is 1. The maximum absolute atomic E-state index is 10.4. The first-order chi connectivity index (χ1) is 5.18. The van der Waals surface area contributed by atoms with Gasteiger partial charge in [0.05, 0.1) is 0 Å². The Kier molecular flexibility index (Phi) is 2.15. The molecule has 0 aliphatic rings. The highest BCUT2D eigenvalue weighted by Gasteiger charge is 1.98. The molecular weight excluding hydrogens is 144 g/mol. The zero-order valence-corrected chi connectivity index (χ0v) is 6.37. The SMILES string of the molecule is CC(=O)Oc1ccnc(C)n1. The molecule has 1 heterocycles. The maximum atomic E-state index is 10.4. The molecule has 11 heavy (non-hydrogen) atoms. The molecule has 1 aromatic heterocycles. The molecule has 0 unspecified atom stereocenters. The number of carbonyl (C=O) groups is 1. The highest BCUT2D eigenvalue weighted by molar-refractivity contribution is 5.68. The van der Waals surface area contributed by atoms with Gasteiger partial charge in [0, 0.05) is 19.2 Å². The Labute approximate surface area is 64.2 Å². The highest BCUT2D eigenvalue weighted by Crippen LogP contribution is 2.03. The molecule has 0 atom stereocenters. The second-order valence-electron chi connectivity index (χ2n) is 2.04. The van der Waals surface area contributed by atoms with E-state index in [0.29, 0.717) is 11.7 Å². The maximum Gasteiger partial charge on any atom is 0.309 e. The van der Waals surface area contributed by atoms with Crippen molar-refractivity contribution in [1.82, 2.24) is 9.97 Å². The van der Waals surface area contributed by atoms with Crippen molar-refractivity contribution < 1.29 is 9.53 Å². The summed E-state index contributed by atoms with van der Waals surface area (Å²) in [4.78, 5) is 18.1. The normalized spacial score (nSPS) is 9.27. The molecule has 4 heteroatoms. The average Bonchev–Trinajstić information content (AvgIpc) is 1.85. The van der Waals surface area contributed by atoms with Gasteiger partial charge in [0.25, 0.3) is 0 Å². The van der Waals surface area contributed by atoms with Crippen LogP contribution in [0.2, 0.25) is 0 Å². The lowest BCUT2D eigenvalue weighted by Gasteiger charge is -1.98. The van der Waals surface area contributed by atoms with Gasteiger partial charge in [-0.1, -0.05) is 0 Å². The number of hydrogen-bond donors (Lipinski definition) is 0. The van der Waals surface area contributed by atoms with Crippen LogP contribution >= 0.6 is 0 Å². The first-order valence-corrected chi connectivity index (χ1v) is 3.16. The van der Waals surface area contributed by atoms with Gasteiger partial charge in [-0.05, 0) is 6.92 Å². The van der Waals surface area contributed by atoms with Crippen molar-refractivity contribution in [2.75, 3.05) is 0 Å². The third-order valence-electron chi connectivity index (χ3n) is 0.999. The summed E-state index contributed by atoms with van der Waals surface area (Å²) in [6, 6.07) is 1.54. The summed E-state index contributed by atoms with van der Waals surface area (Å²) in [5.74, 6) is 0.511. The minimum absolute atomic E-state index is 0.296. The van der Waals surface area contributed by atoms with E-state index < -0.39 is 0 Å². The molecule has 0 N–H and O–H groups in total. The largest absolute Gasteiger partial charge is 0.408 e. The van der Waals surface area contributed by atoms with Crippen LogP contribution in [0.15, 0.2) is 12.3 Å². The van der Waals surface area contributed by atoms with Crippen LogP contribution in [0.1, 0.15) is 12.7 Å². The molecule has 0 aliphatic heterocycles. The van der Waals surface area contributed by atoms with Crippen molar-refractivity contribution in [3.8, 4) is 5.88 Å². The summed E-state index contributed by atoms with van der Waals surface area (Å²) in [6.07, 6.45) is 1.54. The molecule has 1 aromatic rings. The van der Waals surface area contributed by atoms with Crippen molar-refractivity contribution in [1.29, 1.82) is 0 Å². The molecule has 0 spiro atoms. The van der Waals surface area contributed by atoms with Crippen LogP contribution in [-0.2, 0) is 4.79 Å². The third-order valence-corrected chi connectivity index (χ3v) is 0.999. The Hall–Kier alpha value is -1.45. The van der Waals surface area contributed by atoms with E-state index in [-0.39, 0.29) is 5.97 Å². The Morgan fingerprint density at radius 1 is 1.64 bits per heavy atom. The molecule has 4 nitrogen and oxygen atoms in total. The lowest BCUT2D eigenvalue weighted by atomic mass is 10.6. The van der Waals surface area contributed by atoms with Crippen molar-refractivity contribution in [2.24, 2.45) is 0 Å². The standard InChI is InChI=1S/C7H8N2O2/c1-5-8-4-3-7(9-5)11-6(2)10/h3-4H,1-2H3. The predicted octanol–water partition coefficient (Wildman–Crippen LogP) is 0.710. The second-order valence-corrected chi connectivity index (χ2v) is 2.04. The van der Waals surface area contributed by atoms with Crippen LogP contribution < -0.4 is 4.74 Å². The lowest BCUT2D eigenvalue weighted by molar-refractivity contribution is -0.132. The molecular formula is C7H8N2O2. The Morgan fingerprint density at radius 3 is 2.91 bits per heavy atom. The van der Waals surface area contributed by atoms with Crippen molar-refractivity contribution in [3.05, 3.63) is 18.1 Å². The van der Waals surface area contributed by atoms with Gasteiger partial charge < -0.3 is 4.74 Å². The Morgan fingerprint density at radius 2 is 2.36 bits per heavy atom.